The van der Waals surface area contributed by atoms with E-state index in [0.29, 0.717) is 23.8 Å². The summed E-state index contributed by atoms with van der Waals surface area (Å²) in [5, 5.41) is 0.346. The van der Waals surface area contributed by atoms with Crippen molar-refractivity contribution < 1.29 is 13.2 Å². The zero-order valence-corrected chi connectivity index (χ0v) is 12.8. The van der Waals surface area contributed by atoms with Crippen molar-refractivity contribution in [2.45, 2.75) is 31.7 Å². The first-order chi connectivity index (χ1) is 8.77. The van der Waals surface area contributed by atoms with Crippen molar-refractivity contribution in [3.8, 4) is 0 Å². The third-order valence-electron chi connectivity index (χ3n) is 2.51. The summed E-state index contributed by atoms with van der Waals surface area (Å²) in [4.78, 5) is 0.137. The molecule has 0 aliphatic rings. The van der Waals surface area contributed by atoms with Crippen molar-refractivity contribution in [1.82, 2.24) is 4.72 Å². The van der Waals surface area contributed by atoms with Gasteiger partial charge in [0.15, 0.2) is 0 Å². The van der Waals surface area contributed by atoms with E-state index in [2.05, 4.69) is 4.72 Å². The lowest BCUT2D eigenvalue weighted by molar-refractivity contribution is 0.133. The molecule has 1 unspecified atom stereocenters. The standard InChI is InChI=1S/C12H19ClN2O3S/c1-4-18-7-9(3)15-19(16,17)12-6-11(14)10(13)5-8(12)2/h5-6,9,15H,4,7,14H2,1-3H3. The fraction of sp³-hybridized carbons (Fsp3) is 0.500. The highest BCUT2D eigenvalue weighted by Crippen LogP contribution is 2.26. The van der Waals surface area contributed by atoms with Crippen molar-refractivity contribution in [3.63, 3.8) is 0 Å². The highest BCUT2D eigenvalue weighted by atomic mass is 35.5. The fourth-order valence-corrected chi connectivity index (χ4v) is 3.32. The molecule has 0 radical (unpaired) electrons. The maximum Gasteiger partial charge on any atom is 0.241 e. The number of sulfonamides is 1. The third kappa shape index (κ3) is 4.35. The molecule has 0 heterocycles. The SMILES string of the molecule is CCOCC(C)NS(=O)(=O)c1cc(N)c(Cl)cc1C. The van der Waals surface area contributed by atoms with Gasteiger partial charge in [0.2, 0.25) is 10.0 Å². The normalized spacial score (nSPS) is 13.5. The van der Waals surface area contributed by atoms with Gasteiger partial charge in [-0.05, 0) is 38.5 Å². The Morgan fingerprint density at radius 1 is 1.47 bits per heavy atom. The average Bonchev–Trinajstić information content (AvgIpc) is 2.30. The zero-order chi connectivity index (χ0) is 14.6. The monoisotopic (exact) mass is 306 g/mol. The zero-order valence-electron chi connectivity index (χ0n) is 11.2. The average molecular weight is 307 g/mol. The van der Waals surface area contributed by atoms with Gasteiger partial charge in [-0.15, -0.1) is 0 Å². The molecule has 0 saturated carbocycles. The van der Waals surface area contributed by atoms with Crippen molar-refractivity contribution in [3.05, 3.63) is 22.7 Å². The molecule has 0 saturated heterocycles. The van der Waals surface area contributed by atoms with E-state index in [1.807, 2.05) is 6.92 Å². The number of aryl methyl sites for hydroxylation is 1. The predicted molar refractivity (Wildman–Crippen MR) is 76.9 cm³/mol. The Kier molecular flexibility index (Phi) is 5.61. The van der Waals surface area contributed by atoms with Gasteiger partial charge in [-0.3, -0.25) is 0 Å². The lowest BCUT2D eigenvalue weighted by Gasteiger charge is -2.16. The third-order valence-corrected chi connectivity index (χ3v) is 4.57. The molecule has 108 valence electrons. The fourth-order valence-electron chi connectivity index (χ4n) is 1.62. The molecule has 1 aromatic carbocycles. The van der Waals surface area contributed by atoms with Crippen LogP contribution < -0.4 is 10.5 Å². The molecule has 0 amide bonds. The van der Waals surface area contributed by atoms with Gasteiger partial charge in [0.1, 0.15) is 0 Å². The van der Waals surface area contributed by atoms with Crippen LogP contribution in [0.25, 0.3) is 0 Å². The van der Waals surface area contributed by atoms with E-state index >= 15 is 0 Å². The van der Waals surface area contributed by atoms with E-state index in [-0.39, 0.29) is 16.6 Å². The van der Waals surface area contributed by atoms with Crippen LogP contribution >= 0.6 is 11.6 Å². The first-order valence-corrected chi connectivity index (χ1v) is 7.79. The van der Waals surface area contributed by atoms with E-state index in [0.717, 1.165) is 0 Å². The van der Waals surface area contributed by atoms with Crippen LogP contribution in [0.2, 0.25) is 5.02 Å². The Balaban J connectivity index is 2.98. The second-order valence-electron chi connectivity index (χ2n) is 4.32. The number of hydrogen-bond donors (Lipinski definition) is 2. The molecule has 0 aliphatic heterocycles. The molecule has 3 N–H and O–H groups in total. The lowest BCUT2D eigenvalue weighted by atomic mass is 10.2. The van der Waals surface area contributed by atoms with Gasteiger partial charge < -0.3 is 10.5 Å². The van der Waals surface area contributed by atoms with Gasteiger partial charge >= 0.3 is 0 Å². The van der Waals surface area contributed by atoms with Crippen molar-refractivity contribution in [2.24, 2.45) is 0 Å². The molecule has 0 fully saturated rings. The molecule has 0 aromatic heterocycles. The molecule has 0 bridgehead atoms. The van der Waals surface area contributed by atoms with Gasteiger partial charge in [-0.25, -0.2) is 13.1 Å². The van der Waals surface area contributed by atoms with Crippen LogP contribution in [0.1, 0.15) is 19.4 Å². The number of nitrogens with one attached hydrogen (secondary N) is 1. The van der Waals surface area contributed by atoms with Crippen LogP contribution in [0, 0.1) is 6.92 Å². The number of hydrogen-bond acceptors (Lipinski definition) is 4. The highest BCUT2D eigenvalue weighted by Gasteiger charge is 2.20. The molecular formula is C12H19ClN2O3S. The summed E-state index contributed by atoms with van der Waals surface area (Å²) in [6, 6.07) is 2.59. The molecule has 1 atom stereocenters. The minimum Gasteiger partial charge on any atom is -0.397 e. The maximum absolute atomic E-state index is 12.2. The minimum atomic E-state index is -3.63. The molecule has 7 heteroatoms. The number of anilines is 1. The first-order valence-electron chi connectivity index (χ1n) is 5.93. The van der Waals surface area contributed by atoms with Gasteiger partial charge in [-0.1, -0.05) is 11.6 Å². The number of ether oxygens (including phenoxy) is 1. The Hall–Kier alpha value is -0.820. The van der Waals surface area contributed by atoms with Crippen molar-refractivity contribution in [1.29, 1.82) is 0 Å². The minimum absolute atomic E-state index is 0.137. The summed E-state index contributed by atoms with van der Waals surface area (Å²) in [5.41, 5.74) is 6.44. The Labute approximate surface area is 119 Å². The second-order valence-corrected chi connectivity index (χ2v) is 6.41. The molecular weight excluding hydrogens is 288 g/mol. The van der Waals surface area contributed by atoms with E-state index in [9.17, 15) is 8.42 Å². The molecule has 1 rings (SSSR count). The summed E-state index contributed by atoms with van der Waals surface area (Å²) in [6.45, 7) is 6.12. The topological polar surface area (TPSA) is 81.4 Å². The van der Waals surface area contributed by atoms with Crippen LogP contribution in [0.3, 0.4) is 0 Å². The quantitative estimate of drug-likeness (QED) is 0.787. The summed E-state index contributed by atoms with van der Waals surface area (Å²) < 4.78 is 32.2. The van der Waals surface area contributed by atoms with Crippen LogP contribution in [0.15, 0.2) is 17.0 Å². The van der Waals surface area contributed by atoms with Gasteiger partial charge in [0.25, 0.3) is 0 Å². The predicted octanol–water partition coefficient (Wildman–Crippen LogP) is 1.93. The maximum atomic E-state index is 12.2. The number of halogens is 1. The van der Waals surface area contributed by atoms with E-state index < -0.39 is 10.0 Å². The number of nitrogens with two attached hydrogens (primary N) is 1. The van der Waals surface area contributed by atoms with Crippen LogP contribution in [-0.2, 0) is 14.8 Å². The summed E-state index contributed by atoms with van der Waals surface area (Å²) in [6.07, 6.45) is 0. The molecule has 5 nitrogen and oxygen atoms in total. The largest absolute Gasteiger partial charge is 0.397 e. The van der Waals surface area contributed by atoms with Gasteiger partial charge in [0.05, 0.1) is 22.2 Å². The number of nitrogen functional groups attached to an aromatic ring is 1. The van der Waals surface area contributed by atoms with E-state index in [4.69, 9.17) is 22.1 Å². The van der Waals surface area contributed by atoms with Gasteiger partial charge in [0, 0.05) is 12.6 Å². The molecule has 19 heavy (non-hydrogen) atoms. The smallest absolute Gasteiger partial charge is 0.241 e. The Morgan fingerprint density at radius 2 is 2.11 bits per heavy atom. The van der Waals surface area contributed by atoms with Crippen LogP contribution in [0.4, 0.5) is 5.69 Å². The molecule has 0 aliphatic carbocycles. The second kappa shape index (κ2) is 6.56. The summed E-state index contributed by atoms with van der Waals surface area (Å²) in [5.74, 6) is 0. The lowest BCUT2D eigenvalue weighted by Crippen LogP contribution is -2.36. The van der Waals surface area contributed by atoms with Gasteiger partial charge in [-0.2, -0.15) is 0 Å². The Morgan fingerprint density at radius 3 is 2.68 bits per heavy atom. The number of rotatable bonds is 6. The van der Waals surface area contributed by atoms with Crippen molar-refractivity contribution >= 4 is 27.3 Å². The van der Waals surface area contributed by atoms with Crippen LogP contribution in [0.5, 0.6) is 0 Å². The summed E-state index contributed by atoms with van der Waals surface area (Å²) in [7, 11) is -3.63. The van der Waals surface area contributed by atoms with Crippen LogP contribution in [-0.4, -0.2) is 27.7 Å². The molecule has 1 aromatic rings. The number of benzene rings is 1. The van der Waals surface area contributed by atoms with E-state index in [1.165, 1.54) is 6.07 Å². The first kappa shape index (κ1) is 16.2. The Bertz CT molecular complexity index is 546. The van der Waals surface area contributed by atoms with Crippen molar-refractivity contribution in [2.75, 3.05) is 18.9 Å². The molecule has 0 spiro atoms. The highest BCUT2D eigenvalue weighted by molar-refractivity contribution is 7.89. The van der Waals surface area contributed by atoms with E-state index in [1.54, 1.807) is 19.9 Å². The summed E-state index contributed by atoms with van der Waals surface area (Å²) >= 11 is 5.85.